The van der Waals surface area contributed by atoms with Gasteiger partial charge in [-0.05, 0) is 69.4 Å². The Labute approximate surface area is 166 Å². The van der Waals surface area contributed by atoms with Crippen molar-refractivity contribution in [2.45, 2.75) is 52.1 Å². The van der Waals surface area contributed by atoms with E-state index in [9.17, 15) is 4.79 Å². The largest absolute Gasteiger partial charge is 0.493 e. The molecule has 0 saturated heterocycles. The Morgan fingerprint density at radius 2 is 1.82 bits per heavy atom. The highest BCUT2D eigenvalue weighted by molar-refractivity contribution is 5.99. The molecule has 0 fully saturated rings. The van der Waals surface area contributed by atoms with Gasteiger partial charge in [0, 0.05) is 24.2 Å². The quantitative estimate of drug-likeness (QED) is 0.750. The van der Waals surface area contributed by atoms with Crippen molar-refractivity contribution in [1.29, 1.82) is 0 Å². The summed E-state index contributed by atoms with van der Waals surface area (Å²) in [6.07, 6.45) is 2.44. The van der Waals surface area contributed by atoms with Crippen LogP contribution in [0.5, 0.6) is 11.5 Å². The molecule has 1 aromatic carbocycles. The zero-order valence-corrected chi connectivity index (χ0v) is 17.4. The second kappa shape index (κ2) is 7.87. The maximum atomic E-state index is 12.8. The molecule has 1 amide bonds. The summed E-state index contributed by atoms with van der Waals surface area (Å²) in [5.74, 6) is 3.13. The van der Waals surface area contributed by atoms with E-state index in [4.69, 9.17) is 19.6 Å². The molecular weight excluding hydrogens is 356 g/mol. The minimum atomic E-state index is -0.359. The Kier molecular flexibility index (Phi) is 5.70. The van der Waals surface area contributed by atoms with Crippen molar-refractivity contribution >= 4 is 5.91 Å². The summed E-state index contributed by atoms with van der Waals surface area (Å²) < 4.78 is 16.3. The molecule has 3 rings (SSSR count). The van der Waals surface area contributed by atoms with Crippen LogP contribution in [-0.2, 0) is 13.0 Å². The van der Waals surface area contributed by atoms with Crippen LogP contribution in [0.4, 0.5) is 0 Å². The summed E-state index contributed by atoms with van der Waals surface area (Å²) in [4.78, 5) is 14.6. The third kappa shape index (κ3) is 4.17. The molecule has 2 N–H and O–H groups in total. The SMILES string of the molecule is COc1cc2c(cc1OC)C(=O)N(CCC(C)(N)CCc1cc(C)oc1C)C2. The Bertz CT molecular complexity index is 870. The molecule has 0 radical (unpaired) electrons. The molecule has 0 aliphatic carbocycles. The normalized spacial score (nSPS) is 15.5. The molecule has 6 heteroatoms. The number of aryl methyl sites for hydroxylation is 3. The molecule has 2 aromatic rings. The number of nitrogens with zero attached hydrogens (tertiary/aromatic N) is 1. The fraction of sp³-hybridized carbons (Fsp3) is 0.500. The van der Waals surface area contributed by atoms with E-state index in [0.29, 0.717) is 30.2 Å². The van der Waals surface area contributed by atoms with Crippen LogP contribution in [0.25, 0.3) is 0 Å². The van der Waals surface area contributed by atoms with Gasteiger partial charge in [-0.1, -0.05) is 0 Å². The van der Waals surface area contributed by atoms with E-state index >= 15 is 0 Å². The van der Waals surface area contributed by atoms with Crippen molar-refractivity contribution in [3.63, 3.8) is 0 Å². The second-order valence-corrected chi connectivity index (χ2v) is 7.93. The van der Waals surface area contributed by atoms with Crippen LogP contribution in [0.3, 0.4) is 0 Å². The predicted octanol–water partition coefficient (Wildman–Crippen LogP) is 3.61. The van der Waals surface area contributed by atoms with Crippen molar-refractivity contribution in [2.75, 3.05) is 20.8 Å². The van der Waals surface area contributed by atoms with Gasteiger partial charge in [0.2, 0.25) is 0 Å². The van der Waals surface area contributed by atoms with Crippen LogP contribution in [-0.4, -0.2) is 37.1 Å². The maximum absolute atomic E-state index is 12.8. The number of hydrogen-bond donors (Lipinski definition) is 1. The average Bonchev–Trinajstić information content (AvgIpc) is 3.15. The number of methoxy groups -OCH3 is 2. The van der Waals surface area contributed by atoms with Crippen LogP contribution in [0.15, 0.2) is 22.6 Å². The Morgan fingerprint density at radius 3 is 2.43 bits per heavy atom. The number of amides is 1. The van der Waals surface area contributed by atoms with Crippen LogP contribution < -0.4 is 15.2 Å². The van der Waals surface area contributed by atoms with Crippen molar-refractivity contribution < 1.29 is 18.7 Å². The summed E-state index contributed by atoms with van der Waals surface area (Å²) in [5.41, 5.74) is 9.03. The lowest BCUT2D eigenvalue weighted by Crippen LogP contribution is -2.41. The van der Waals surface area contributed by atoms with Gasteiger partial charge < -0.3 is 24.5 Å². The van der Waals surface area contributed by atoms with Gasteiger partial charge in [-0.25, -0.2) is 0 Å². The van der Waals surface area contributed by atoms with E-state index in [-0.39, 0.29) is 11.4 Å². The highest BCUT2D eigenvalue weighted by atomic mass is 16.5. The number of hydrogen-bond acceptors (Lipinski definition) is 5. The van der Waals surface area contributed by atoms with Gasteiger partial charge in [0.15, 0.2) is 11.5 Å². The Hall–Kier alpha value is -2.47. The van der Waals surface area contributed by atoms with Gasteiger partial charge in [-0.15, -0.1) is 0 Å². The summed E-state index contributed by atoms with van der Waals surface area (Å²) >= 11 is 0. The van der Waals surface area contributed by atoms with Crippen LogP contribution in [0.2, 0.25) is 0 Å². The van der Waals surface area contributed by atoms with Crippen molar-refractivity contribution in [2.24, 2.45) is 5.73 Å². The molecule has 6 nitrogen and oxygen atoms in total. The van der Waals surface area contributed by atoms with E-state index in [1.807, 2.05) is 24.8 Å². The average molecular weight is 386 g/mol. The first-order valence-electron chi connectivity index (χ1n) is 9.63. The van der Waals surface area contributed by atoms with Crippen LogP contribution in [0.1, 0.15) is 52.8 Å². The molecule has 0 spiro atoms. The number of furan rings is 1. The predicted molar refractivity (Wildman–Crippen MR) is 108 cm³/mol. The zero-order valence-electron chi connectivity index (χ0n) is 17.4. The van der Waals surface area contributed by atoms with Crippen molar-refractivity contribution in [3.8, 4) is 11.5 Å². The smallest absolute Gasteiger partial charge is 0.254 e. The summed E-state index contributed by atoms with van der Waals surface area (Å²) in [7, 11) is 3.17. The summed E-state index contributed by atoms with van der Waals surface area (Å²) in [6.45, 7) is 7.19. The third-order valence-electron chi connectivity index (χ3n) is 5.55. The lowest BCUT2D eigenvalue weighted by molar-refractivity contribution is 0.0766. The highest BCUT2D eigenvalue weighted by Crippen LogP contribution is 2.35. The maximum Gasteiger partial charge on any atom is 0.254 e. The summed E-state index contributed by atoms with van der Waals surface area (Å²) in [6, 6.07) is 5.73. The van der Waals surface area contributed by atoms with E-state index in [0.717, 1.165) is 36.3 Å². The molecule has 152 valence electrons. The number of rotatable bonds is 8. The van der Waals surface area contributed by atoms with Gasteiger partial charge in [0.25, 0.3) is 5.91 Å². The molecular formula is C22H30N2O4. The Balaban J connectivity index is 1.61. The fourth-order valence-corrected chi connectivity index (χ4v) is 3.75. The van der Waals surface area contributed by atoms with Gasteiger partial charge in [0.05, 0.1) is 14.2 Å². The summed E-state index contributed by atoms with van der Waals surface area (Å²) in [5, 5.41) is 0. The van der Waals surface area contributed by atoms with Crippen LogP contribution in [0, 0.1) is 13.8 Å². The van der Waals surface area contributed by atoms with E-state index < -0.39 is 0 Å². The molecule has 1 aliphatic heterocycles. The van der Waals surface area contributed by atoms with Crippen molar-refractivity contribution in [1.82, 2.24) is 4.90 Å². The number of ether oxygens (including phenoxy) is 2. The minimum absolute atomic E-state index is 0.0213. The first-order valence-corrected chi connectivity index (χ1v) is 9.63. The minimum Gasteiger partial charge on any atom is -0.493 e. The third-order valence-corrected chi connectivity index (χ3v) is 5.55. The number of fused-ring (bicyclic) bond motifs is 1. The molecule has 28 heavy (non-hydrogen) atoms. The van der Waals surface area contributed by atoms with E-state index in [1.54, 1.807) is 20.3 Å². The molecule has 2 heterocycles. The zero-order chi connectivity index (χ0) is 20.5. The van der Waals surface area contributed by atoms with Crippen LogP contribution >= 0.6 is 0 Å². The van der Waals surface area contributed by atoms with Gasteiger partial charge in [0.1, 0.15) is 11.5 Å². The molecule has 1 aromatic heterocycles. The van der Waals surface area contributed by atoms with Crippen molar-refractivity contribution in [3.05, 3.63) is 46.4 Å². The van der Waals surface area contributed by atoms with E-state index in [1.165, 1.54) is 5.56 Å². The first kappa shape index (κ1) is 20.3. The Morgan fingerprint density at radius 1 is 1.14 bits per heavy atom. The topological polar surface area (TPSA) is 77.9 Å². The second-order valence-electron chi connectivity index (χ2n) is 7.93. The van der Waals surface area contributed by atoms with Gasteiger partial charge >= 0.3 is 0 Å². The van der Waals surface area contributed by atoms with Gasteiger partial charge in [-0.3, -0.25) is 4.79 Å². The number of benzene rings is 1. The molecule has 1 unspecified atom stereocenters. The molecule has 0 bridgehead atoms. The van der Waals surface area contributed by atoms with Gasteiger partial charge in [-0.2, -0.15) is 0 Å². The number of nitrogens with two attached hydrogens (primary N) is 1. The monoisotopic (exact) mass is 386 g/mol. The lowest BCUT2D eigenvalue weighted by atomic mass is 9.91. The lowest BCUT2D eigenvalue weighted by Gasteiger charge is -2.27. The fourth-order valence-electron chi connectivity index (χ4n) is 3.75. The standard InChI is InChI=1S/C22H30N2O4/c1-14-10-16(15(2)28-14)6-7-22(3,23)8-9-24-13-17-11-19(26-4)20(27-5)12-18(17)21(24)25/h10-12H,6-9,13,23H2,1-5H3. The molecule has 0 saturated carbocycles. The van der Waals surface area contributed by atoms with E-state index in [2.05, 4.69) is 13.0 Å². The molecule has 1 atom stereocenters. The highest BCUT2D eigenvalue weighted by Gasteiger charge is 2.31. The number of carbonyl (C=O) groups excluding carboxylic acids is 1. The number of carbonyl (C=O) groups is 1. The molecule has 1 aliphatic rings. The first-order chi connectivity index (χ1) is 13.2.